The van der Waals surface area contributed by atoms with Gasteiger partial charge in [0.2, 0.25) is 0 Å². The van der Waals surface area contributed by atoms with E-state index < -0.39 is 0 Å². The second-order valence-corrected chi connectivity index (χ2v) is 22.2. The van der Waals surface area contributed by atoms with E-state index in [2.05, 4.69) is 103 Å². The van der Waals surface area contributed by atoms with Crippen LogP contribution < -0.4 is 0 Å². The van der Waals surface area contributed by atoms with Gasteiger partial charge in [0, 0.05) is 65.3 Å². The van der Waals surface area contributed by atoms with Crippen molar-refractivity contribution >= 4 is 87.2 Å². The third kappa shape index (κ3) is 7.70. The van der Waals surface area contributed by atoms with Crippen molar-refractivity contribution in [2.45, 2.75) is 0 Å². The van der Waals surface area contributed by atoms with Crippen LogP contribution in [-0.4, -0.2) is 38.2 Å². The van der Waals surface area contributed by atoms with Crippen LogP contribution in [0.2, 0.25) is 0 Å². The van der Waals surface area contributed by atoms with Crippen molar-refractivity contribution in [3.05, 3.63) is 277 Å². The first-order chi connectivity index (χ1) is 44.5. The first kappa shape index (κ1) is 51.2. The summed E-state index contributed by atoms with van der Waals surface area (Å²) in [4.78, 5) is 22.5. The molecule has 0 saturated heterocycles. The van der Waals surface area contributed by atoms with Gasteiger partial charge in [0.15, 0.2) is 29.1 Å². The SMILES string of the molecule is N#Cc1ccc2c(c1)c1ccccc1n2-c1nc(-n2c3ccccc3c3cc(C#N)ccc32)c(-n2c3ccccc3c3cc(C#N)ccc32)c(-c2ccccc2-c2nc(-c3ccccc3)nc(-c3ccccc3)n2)c1-n1c2ccccc2c2cc(C#N)ccc21. The first-order valence-corrected chi connectivity index (χ1v) is 29.3. The summed E-state index contributed by atoms with van der Waals surface area (Å²) in [7, 11) is 0. The van der Waals surface area contributed by atoms with E-state index in [1.54, 1.807) is 0 Å². The molecule has 6 aromatic heterocycles. The van der Waals surface area contributed by atoms with Gasteiger partial charge in [-0.2, -0.15) is 21.0 Å². The Morgan fingerprint density at radius 2 is 0.533 bits per heavy atom. The zero-order chi connectivity index (χ0) is 60.1. The molecule has 0 unspecified atom stereocenters. The molecule has 12 heteroatoms. The van der Waals surface area contributed by atoms with Gasteiger partial charge in [-0.3, -0.25) is 9.13 Å². The average molecular weight is 1150 g/mol. The van der Waals surface area contributed by atoms with E-state index in [9.17, 15) is 21.0 Å². The Bertz CT molecular complexity index is 5750. The number of rotatable bonds is 8. The lowest BCUT2D eigenvalue weighted by atomic mass is 9.95. The molecule has 0 bridgehead atoms. The molecule has 0 fully saturated rings. The molecule has 0 aliphatic rings. The maximum absolute atomic E-state index is 10.6. The van der Waals surface area contributed by atoms with Crippen LogP contribution in [0.1, 0.15) is 22.3 Å². The molecule has 0 saturated carbocycles. The Morgan fingerprint density at radius 1 is 0.244 bits per heavy atom. The Morgan fingerprint density at radius 3 is 0.900 bits per heavy atom. The van der Waals surface area contributed by atoms with Crippen molar-refractivity contribution < 1.29 is 0 Å². The van der Waals surface area contributed by atoms with E-state index in [4.69, 9.17) is 19.9 Å². The molecule has 90 heavy (non-hydrogen) atoms. The second-order valence-electron chi connectivity index (χ2n) is 22.2. The summed E-state index contributed by atoms with van der Waals surface area (Å²) >= 11 is 0. The fourth-order valence-corrected chi connectivity index (χ4v) is 13.5. The van der Waals surface area contributed by atoms with Crippen LogP contribution in [0.4, 0.5) is 0 Å². The van der Waals surface area contributed by atoms with Crippen LogP contribution >= 0.6 is 0 Å². The van der Waals surface area contributed by atoms with Crippen LogP contribution in [0.5, 0.6) is 0 Å². The molecule has 0 atom stereocenters. The van der Waals surface area contributed by atoms with Gasteiger partial charge in [-0.15, -0.1) is 0 Å². The molecule has 17 rings (SSSR count). The zero-order valence-electron chi connectivity index (χ0n) is 47.6. The Balaban J connectivity index is 1.18. The van der Waals surface area contributed by atoms with Crippen molar-refractivity contribution in [2.24, 2.45) is 0 Å². The van der Waals surface area contributed by atoms with Gasteiger partial charge in [-0.1, -0.05) is 158 Å². The van der Waals surface area contributed by atoms with Crippen LogP contribution in [0.15, 0.2) is 255 Å². The molecule has 0 amide bonds. The van der Waals surface area contributed by atoms with Crippen LogP contribution in [0.3, 0.4) is 0 Å². The van der Waals surface area contributed by atoms with Crippen molar-refractivity contribution in [2.75, 3.05) is 0 Å². The summed E-state index contributed by atoms with van der Waals surface area (Å²) in [5.41, 5.74) is 13.7. The number of pyridine rings is 1. The highest BCUT2D eigenvalue weighted by Crippen LogP contribution is 2.51. The standard InChI is InChI=1S/C78H42N12/c79-43-47-31-35-67-59(39-47)53-21-9-13-27-63(53)87(67)72-71(57-25-7-8-26-58(57)76-84-74(51-17-3-1-4-18-51)83-75(85-76)52-19-5-2-6-20-52)73(88-64-28-14-10-22-54(64)60-40-48(44-80)32-36-68(60)88)78(90-66-30-16-12-24-56(66)62-42-50(46-82)34-38-70(62)90)86-77(72)89-65-29-15-11-23-55(65)61-41-49(45-81)33-37-69(61)89/h1-42H. The minimum absolute atomic E-state index is 0.415. The van der Waals surface area contributed by atoms with Gasteiger partial charge in [-0.25, -0.2) is 19.9 Å². The highest BCUT2D eigenvalue weighted by Gasteiger charge is 2.34. The molecule has 0 aliphatic heterocycles. The van der Waals surface area contributed by atoms with Crippen LogP contribution in [-0.2, 0) is 0 Å². The minimum Gasteiger partial charge on any atom is -0.305 e. The van der Waals surface area contributed by atoms with E-state index >= 15 is 0 Å². The van der Waals surface area contributed by atoms with E-state index in [1.165, 1.54) is 0 Å². The van der Waals surface area contributed by atoms with Crippen LogP contribution in [0.25, 0.3) is 156 Å². The molecule has 11 aromatic carbocycles. The number of aromatic nitrogens is 8. The summed E-state index contributed by atoms with van der Waals surface area (Å²) in [6.07, 6.45) is 0. The van der Waals surface area contributed by atoms with E-state index in [0.29, 0.717) is 73.9 Å². The van der Waals surface area contributed by atoms with Gasteiger partial charge >= 0.3 is 0 Å². The van der Waals surface area contributed by atoms with Gasteiger partial charge in [-0.05, 0) is 103 Å². The van der Waals surface area contributed by atoms with E-state index in [1.807, 2.05) is 194 Å². The van der Waals surface area contributed by atoms with Crippen molar-refractivity contribution in [1.82, 2.24) is 38.2 Å². The second kappa shape index (κ2) is 20.2. The Kier molecular flexibility index (Phi) is 11.5. The normalized spacial score (nSPS) is 11.5. The summed E-state index contributed by atoms with van der Waals surface area (Å²) in [6, 6.07) is 94.3. The number of para-hydroxylation sites is 4. The predicted molar refractivity (Wildman–Crippen MR) is 356 cm³/mol. The van der Waals surface area contributed by atoms with Crippen molar-refractivity contribution in [3.8, 4) is 92.6 Å². The zero-order valence-corrected chi connectivity index (χ0v) is 47.6. The molecule has 6 heterocycles. The Hall–Kier alpha value is -13.3. The van der Waals surface area contributed by atoms with Gasteiger partial charge in [0.05, 0.1) is 90.7 Å². The lowest BCUT2D eigenvalue weighted by Gasteiger charge is -2.27. The Labute approximate surface area is 513 Å². The topological polar surface area (TPSA) is 166 Å². The van der Waals surface area contributed by atoms with Gasteiger partial charge in [0.1, 0.15) is 11.4 Å². The molecule has 0 N–H and O–H groups in total. The fourth-order valence-electron chi connectivity index (χ4n) is 13.5. The maximum atomic E-state index is 10.6. The molecule has 0 aliphatic carbocycles. The number of nitrogens with zero attached hydrogens (tertiary/aromatic N) is 12. The highest BCUT2D eigenvalue weighted by atomic mass is 15.2. The molecule has 12 nitrogen and oxygen atoms in total. The first-order valence-electron chi connectivity index (χ1n) is 29.3. The lowest BCUT2D eigenvalue weighted by Crippen LogP contribution is -2.16. The van der Waals surface area contributed by atoms with Gasteiger partial charge in [0.25, 0.3) is 0 Å². The third-order valence-corrected chi connectivity index (χ3v) is 17.3. The number of nitriles is 4. The summed E-state index contributed by atoms with van der Waals surface area (Å²) in [5, 5.41) is 49.4. The van der Waals surface area contributed by atoms with Gasteiger partial charge < -0.3 is 9.13 Å². The molecule has 0 radical (unpaired) electrons. The summed E-state index contributed by atoms with van der Waals surface area (Å²) in [6.45, 7) is 0. The number of hydrogen-bond donors (Lipinski definition) is 0. The van der Waals surface area contributed by atoms with E-state index in [0.717, 1.165) is 104 Å². The van der Waals surface area contributed by atoms with Crippen LogP contribution in [0, 0.1) is 45.3 Å². The number of fused-ring (bicyclic) bond motifs is 12. The quantitative estimate of drug-likeness (QED) is 0.145. The maximum Gasteiger partial charge on any atom is 0.165 e. The molecule has 17 aromatic rings. The molecule has 0 spiro atoms. The largest absolute Gasteiger partial charge is 0.305 e. The predicted octanol–water partition coefficient (Wildman–Crippen LogP) is 17.8. The fraction of sp³-hybridized carbons (Fsp3) is 0. The molecule has 414 valence electrons. The number of hydrogen-bond acceptors (Lipinski definition) is 8. The molecular weight excluding hydrogens is 1100 g/mol. The third-order valence-electron chi connectivity index (χ3n) is 17.3. The smallest absolute Gasteiger partial charge is 0.165 e. The highest BCUT2D eigenvalue weighted by molar-refractivity contribution is 6.16. The van der Waals surface area contributed by atoms with E-state index in [-0.39, 0.29) is 0 Å². The lowest BCUT2D eigenvalue weighted by molar-refractivity contribution is 0.961. The molecular formula is C78H42N12. The average Bonchev–Trinajstić information content (AvgIpc) is 1.42. The summed E-state index contributed by atoms with van der Waals surface area (Å²) in [5.74, 6) is 2.44. The monoisotopic (exact) mass is 1150 g/mol. The van der Waals surface area contributed by atoms with Crippen molar-refractivity contribution in [1.29, 1.82) is 21.0 Å². The summed E-state index contributed by atoms with van der Waals surface area (Å²) < 4.78 is 9.04. The van der Waals surface area contributed by atoms with Crippen molar-refractivity contribution in [3.63, 3.8) is 0 Å². The number of benzene rings is 11. The minimum atomic E-state index is 0.415.